The average Bonchev–Trinajstić information content (AvgIpc) is 2.27. The Morgan fingerprint density at radius 2 is 1.79 bits per heavy atom. The minimum atomic E-state index is 0.613. The normalized spacial score (nSPS) is 23.8. The molecule has 0 saturated heterocycles. The van der Waals surface area contributed by atoms with Crippen molar-refractivity contribution in [1.29, 1.82) is 0 Å². The van der Waals surface area contributed by atoms with Gasteiger partial charge >= 0.3 is 0 Å². The molecule has 2 heteroatoms. The van der Waals surface area contributed by atoms with Crippen LogP contribution >= 0.6 is 0 Å². The van der Waals surface area contributed by atoms with Crippen LogP contribution in [0.3, 0.4) is 0 Å². The zero-order valence-corrected chi connectivity index (χ0v) is 10.00. The Morgan fingerprint density at radius 1 is 1.21 bits per heavy atom. The predicted molar refractivity (Wildman–Crippen MR) is 62.3 cm³/mol. The van der Waals surface area contributed by atoms with Crippen LogP contribution in [0.1, 0.15) is 46.0 Å². The van der Waals surface area contributed by atoms with E-state index in [4.69, 9.17) is 5.73 Å². The number of hydrogen-bond donors (Lipinski definition) is 1. The van der Waals surface area contributed by atoms with E-state index in [0.29, 0.717) is 12.0 Å². The monoisotopic (exact) mass is 198 g/mol. The van der Waals surface area contributed by atoms with Crippen LogP contribution in [0.5, 0.6) is 0 Å². The minimum Gasteiger partial charge on any atom is -0.330 e. The van der Waals surface area contributed by atoms with E-state index in [0.717, 1.165) is 12.6 Å². The molecule has 2 atom stereocenters. The SMILES string of the molecule is CC(CN)C(C)N(C)C1CCCCC1. The quantitative estimate of drug-likeness (QED) is 0.750. The summed E-state index contributed by atoms with van der Waals surface area (Å²) >= 11 is 0. The highest BCUT2D eigenvalue weighted by atomic mass is 15.2. The largest absolute Gasteiger partial charge is 0.330 e. The maximum atomic E-state index is 5.71. The summed E-state index contributed by atoms with van der Waals surface area (Å²) in [5, 5.41) is 0. The standard InChI is InChI=1S/C12H26N2/c1-10(9-13)11(2)14(3)12-7-5-4-6-8-12/h10-12H,4-9,13H2,1-3H3. The lowest BCUT2D eigenvalue weighted by atomic mass is 9.92. The lowest BCUT2D eigenvalue weighted by Crippen LogP contribution is -2.44. The molecule has 1 saturated carbocycles. The fourth-order valence-electron chi connectivity index (χ4n) is 2.42. The van der Waals surface area contributed by atoms with Crippen molar-refractivity contribution < 1.29 is 0 Å². The van der Waals surface area contributed by atoms with E-state index in [1.165, 1.54) is 32.1 Å². The fraction of sp³-hybridized carbons (Fsp3) is 1.00. The van der Waals surface area contributed by atoms with Gasteiger partial charge in [-0.2, -0.15) is 0 Å². The summed E-state index contributed by atoms with van der Waals surface area (Å²) in [6, 6.07) is 1.44. The van der Waals surface area contributed by atoms with Gasteiger partial charge in [-0.05, 0) is 39.3 Å². The van der Waals surface area contributed by atoms with Gasteiger partial charge in [0.25, 0.3) is 0 Å². The van der Waals surface area contributed by atoms with Crippen LogP contribution in [-0.4, -0.2) is 30.6 Å². The molecule has 0 amide bonds. The molecular weight excluding hydrogens is 172 g/mol. The van der Waals surface area contributed by atoms with E-state index < -0.39 is 0 Å². The van der Waals surface area contributed by atoms with Gasteiger partial charge in [0.15, 0.2) is 0 Å². The van der Waals surface area contributed by atoms with Crippen LogP contribution < -0.4 is 5.73 Å². The number of nitrogens with zero attached hydrogens (tertiary/aromatic N) is 1. The van der Waals surface area contributed by atoms with Crippen molar-refractivity contribution in [2.45, 2.75) is 58.0 Å². The summed E-state index contributed by atoms with van der Waals surface area (Å²) in [6.45, 7) is 5.37. The van der Waals surface area contributed by atoms with Crippen LogP contribution in [0, 0.1) is 5.92 Å². The van der Waals surface area contributed by atoms with Gasteiger partial charge in [-0.15, -0.1) is 0 Å². The van der Waals surface area contributed by atoms with Gasteiger partial charge in [0.1, 0.15) is 0 Å². The molecule has 1 rings (SSSR count). The Hall–Kier alpha value is -0.0800. The second-order valence-corrected chi connectivity index (χ2v) is 4.91. The van der Waals surface area contributed by atoms with Crippen molar-refractivity contribution in [3.8, 4) is 0 Å². The van der Waals surface area contributed by atoms with E-state index in [9.17, 15) is 0 Å². The summed E-state index contributed by atoms with van der Waals surface area (Å²) in [5.41, 5.74) is 5.71. The minimum absolute atomic E-state index is 0.613. The third kappa shape index (κ3) is 2.96. The van der Waals surface area contributed by atoms with Crippen molar-refractivity contribution in [3.63, 3.8) is 0 Å². The van der Waals surface area contributed by atoms with Crippen LogP contribution in [0.25, 0.3) is 0 Å². The molecule has 2 nitrogen and oxygen atoms in total. The first-order chi connectivity index (χ1) is 6.66. The third-order valence-electron chi connectivity index (χ3n) is 3.99. The van der Waals surface area contributed by atoms with Crippen LogP contribution in [0.15, 0.2) is 0 Å². The van der Waals surface area contributed by atoms with E-state index >= 15 is 0 Å². The van der Waals surface area contributed by atoms with Gasteiger partial charge in [-0.1, -0.05) is 26.2 Å². The number of nitrogens with two attached hydrogens (primary N) is 1. The average molecular weight is 198 g/mol. The van der Waals surface area contributed by atoms with Crippen molar-refractivity contribution in [2.75, 3.05) is 13.6 Å². The molecule has 0 aromatic rings. The summed E-state index contributed by atoms with van der Waals surface area (Å²) in [6.07, 6.45) is 7.04. The first kappa shape index (κ1) is 12.0. The van der Waals surface area contributed by atoms with Gasteiger partial charge in [-0.25, -0.2) is 0 Å². The lowest BCUT2D eigenvalue weighted by Gasteiger charge is -2.38. The summed E-state index contributed by atoms with van der Waals surface area (Å²) in [5.74, 6) is 0.613. The topological polar surface area (TPSA) is 29.3 Å². The van der Waals surface area contributed by atoms with Crippen LogP contribution in [0.2, 0.25) is 0 Å². The molecule has 0 aromatic heterocycles. The van der Waals surface area contributed by atoms with Gasteiger partial charge in [0, 0.05) is 12.1 Å². The molecule has 1 fully saturated rings. The molecular formula is C12H26N2. The molecule has 0 bridgehead atoms. The molecule has 2 unspecified atom stereocenters. The number of hydrogen-bond acceptors (Lipinski definition) is 2. The molecule has 0 heterocycles. The van der Waals surface area contributed by atoms with Gasteiger partial charge in [0.05, 0.1) is 0 Å². The summed E-state index contributed by atoms with van der Waals surface area (Å²) in [7, 11) is 2.27. The molecule has 1 aliphatic rings. The Kier molecular flexibility index (Phi) is 4.90. The second-order valence-electron chi connectivity index (χ2n) is 4.91. The van der Waals surface area contributed by atoms with E-state index in [1.807, 2.05) is 0 Å². The van der Waals surface area contributed by atoms with Crippen molar-refractivity contribution >= 4 is 0 Å². The zero-order chi connectivity index (χ0) is 10.6. The summed E-state index contributed by atoms with van der Waals surface area (Å²) < 4.78 is 0. The second kappa shape index (κ2) is 5.72. The highest BCUT2D eigenvalue weighted by Crippen LogP contribution is 2.24. The first-order valence-electron chi connectivity index (χ1n) is 6.08. The highest BCUT2D eigenvalue weighted by Gasteiger charge is 2.24. The molecule has 14 heavy (non-hydrogen) atoms. The molecule has 1 aliphatic carbocycles. The maximum absolute atomic E-state index is 5.71. The smallest absolute Gasteiger partial charge is 0.0104 e. The highest BCUT2D eigenvalue weighted by molar-refractivity contribution is 4.79. The molecule has 0 radical (unpaired) electrons. The predicted octanol–water partition coefficient (Wildman–Crippen LogP) is 2.23. The molecule has 84 valence electrons. The van der Waals surface area contributed by atoms with Gasteiger partial charge in [0.2, 0.25) is 0 Å². The van der Waals surface area contributed by atoms with Crippen LogP contribution in [0.4, 0.5) is 0 Å². The number of rotatable bonds is 4. The van der Waals surface area contributed by atoms with Crippen molar-refractivity contribution in [1.82, 2.24) is 4.90 Å². The van der Waals surface area contributed by atoms with Crippen LogP contribution in [-0.2, 0) is 0 Å². The molecule has 2 N–H and O–H groups in total. The third-order valence-corrected chi connectivity index (χ3v) is 3.99. The molecule has 0 spiro atoms. The fourth-order valence-corrected chi connectivity index (χ4v) is 2.42. The van der Waals surface area contributed by atoms with Gasteiger partial charge < -0.3 is 10.6 Å². The van der Waals surface area contributed by atoms with E-state index in [2.05, 4.69) is 25.8 Å². The maximum Gasteiger partial charge on any atom is 0.0104 e. The van der Waals surface area contributed by atoms with Gasteiger partial charge in [-0.3, -0.25) is 0 Å². The molecule has 0 aliphatic heterocycles. The Bertz CT molecular complexity index is 150. The Balaban J connectivity index is 2.41. The lowest BCUT2D eigenvalue weighted by molar-refractivity contribution is 0.116. The Labute approximate surface area is 88.8 Å². The zero-order valence-electron chi connectivity index (χ0n) is 10.00. The van der Waals surface area contributed by atoms with Crippen molar-refractivity contribution in [2.24, 2.45) is 11.7 Å². The van der Waals surface area contributed by atoms with Crippen molar-refractivity contribution in [3.05, 3.63) is 0 Å². The van der Waals surface area contributed by atoms with E-state index in [1.54, 1.807) is 0 Å². The molecule has 0 aromatic carbocycles. The summed E-state index contributed by atoms with van der Waals surface area (Å²) in [4.78, 5) is 2.55. The first-order valence-corrected chi connectivity index (χ1v) is 6.08. The van der Waals surface area contributed by atoms with E-state index in [-0.39, 0.29) is 0 Å². The Morgan fingerprint density at radius 3 is 2.29 bits per heavy atom.